The summed E-state index contributed by atoms with van der Waals surface area (Å²) in [4.78, 5) is 26.8. The van der Waals surface area contributed by atoms with Crippen molar-refractivity contribution in [3.05, 3.63) is 76.0 Å². The van der Waals surface area contributed by atoms with Crippen molar-refractivity contribution in [1.82, 2.24) is 20.5 Å². The third-order valence-electron chi connectivity index (χ3n) is 3.89. The second kappa shape index (κ2) is 9.22. The van der Waals surface area contributed by atoms with Crippen molar-refractivity contribution in [2.24, 2.45) is 0 Å². The molecule has 3 rings (SSSR count). The van der Waals surface area contributed by atoms with E-state index in [1.807, 2.05) is 19.1 Å². The lowest BCUT2D eigenvalue weighted by Crippen LogP contribution is -2.29. The molecule has 0 aliphatic carbocycles. The highest BCUT2D eigenvalue weighted by molar-refractivity contribution is 5.98. The van der Waals surface area contributed by atoms with Crippen LogP contribution in [0.4, 0.5) is 23.1 Å². The fourth-order valence-corrected chi connectivity index (χ4v) is 2.45. The predicted octanol–water partition coefficient (Wildman–Crippen LogP) is 2.67. The molecule has 0 unspecified atom stereocenters. The van der Waals surface area contributed by atoms with Crippen LogP contribution in [0.2, 0.25) is 0 Å². The van der Waals surface area contributed by atoms with Crippen LogP contribution >= 0.6 is 0 Å². The molecule has 2 aromatic heterocycles. The molecule has 0 radical (unpaired) electrons. The third kappa shape index (κ3) is 5.45. The second-order valence-electron chi connectivity index (χ2n) is 6.11. The van der Waals surface area contributed by atoms with Gasteiger partial charge in [-0.25, -0.2) is 4.98 Å². The molecule has 3 aromatic rings. The van der Waals surface area contributed by atoms with Crippen LogP contribution in [-0.2, 0) is 0 Å². The van der Waals surface area contributed by atoms with E-state index in [2.05, 4.69) is 31.1 Å². The summed E-state index contributed by atoms with van der Waals surface area (Å²) in [5.74, 6) is 1.25. The molecule has 148 valence electrons. The van der Waals surface area contributed by atoms with Crippen molar-refractivity contribution in [3.63, 3.8) is 0 Å². The number of para-hydroxylation sites is 1. The SMILES string of the molecule is Cc1ccc(Nc2ccc(NCCNC(=O)c3ccccc3[N+](=O)[O-])nn2)nc1. The molecular formula is C19H19N7O3. The largest absolute Gasteiger partial charge is 0.367 e. The molecule has 0 bridgehead atoms. The van der Waals surface area contributed by atoms with E-state index >= 15 is 0 Å². The van der Waals surface area contributed by atoms with E-state index in [9.17, 15) is 14.9 Å². The van der Waals surface area contributed by atoms with Crippen LogP contribution in [0.1, 0.15) is 15.9 Å². The molecule has 0 spiro atoms. The minimum absolute atomic E-state index is 0.0254. The number of nitro benzene ring substituents is 1. The number of hydrogen-bond donors (Lipinski definition) is 3. The van der Waals surface area contributed by atoms with Gasteiger partial charge in [0.1, 0.15) is 17.2 Å². The van der Waals surface area contributed by atoms with Gasteiger partial charge in [0.15, 0.2) is 5.82 Å². The first-order valence-electron chi connectivity index (χ1n) is 8.82. The number of aryl methyl sites for hydroxylation is 1. The van der Waals surface area contributed by atoms with Crippen LogP contribution in [0.25, 0.3) is 0 Å². The van der Waals surface area contributed by atoms with Gasteiger partial charge >= 0.3 is 0 Å². The number of aromatic nitrogens is 3. The fourth-order valence-electron chi connectivity index (χ4n) is 2.45. The number of nitrogens with one attached hydrogen (secondary N) is 3. The van der Waals surface area contributed by atoms with Crippen molar-refractivity contribution < 1.29 is 9.72 Å². The number of pyridine rings is 1. The predicted molar refractivity (Wildman–Crippen MR) is 108 cm³/mol. The molecule has 1 amide bonds. The normalized spacial score (nSPS) is 10.2. The second-order valence-corrected chi connectivity index (χ2v) is 6.11. The van der Waals surface area contributed by atoms with Crippen LogP contribution in [0, 0.1) is 17.0 Å². The molecule has 0 aliphatic rings. The average Bonchev–Trinajstić information content (AvgIpc) is 2.74. The van der Waals surface area contributed by atoms with Crippen LogP contribution in [-0.4, -0.2) is 39.1 Å². The Labute approximate surface area is 166 Å². The lowest BCUT2D eigenvalue weighted by molar-refractivity contribution is -0.385. The average molecular weight is 393 g/mol. The van der Waals surface area contributed by atoms with Gasteiger partial charge in [-0.2, -0.15) is 0 Å². The number of rotatable bonds is 8. The Hall–Kier alpha value is -4.08. The Bertz CT molecular complexity index is 991. The van der Waals surface area contributed by atoms with E-state index in [1.54, 1.807) is 24.4 Å². The Balaban J connectivity index is 1.46. The number of nitro groups is 1. The van der Waals surface area contributed by atoms with Crippen molar-refractivity contribution in [2.75, 3.05) is 23.7 Å². The van der Waals surface area contributed by atoms with Crippen molar-refractivity contribution in [3.8, 4) is 0 Å². The number of carbonyl (C=O) groups excluding carboxylic acids is 1. The van der Waals surface area contributed by atoms with E-state index < -0.39 is 10.8 Å². The zero-order chi connectivity index (χ0) is 20.6. The van der Waals surface area contributed by atoms with Crippen LogP contribution in [0.3, 0.4) is 0 Å². The molecule has 10 nitrogen and oxygen atoms in total. The number of anilines is 3. The molecule has 0 saturated heterocycles. The van der Waals surface area contributed by atoms with Gasteiger partial charge < -0.3 is 16.0 Å². The molecule has 2 heterocycles. The smallest absolute Gasteiger partial charge is 0.282 e. The Morgan fingerprint density at radius 1 is 1.00 bits per heavy atom. The van der Waals surface area contributed by atoms with Gasteiger partial charge in [0.05, 0.1) is 4.92 Å². The highest BCUT2D eigenvalue weighted by Crippen LogP contribution is 2.17. The number of nitrogens with zero attached hydrogens (tertiary/aromatic N) is 4. The summed E-state index contributed by atoms with van der Waals surface area (Å²) >= 11 is 0. The van der Waals surface area contributed by atoms with Gasteiger partial charge in [0, 0.05) is 25.4 Å². The van der Waals surface area contributed by atoms with Gasteiger partial charge in [-0.05, 0) is 36.8 Å². The highest BCUT2D eigenvalue weighted by Gasteiger charge is 2.18. The van der Waals surface area contributed by atoms with E-state index in [1.165, 1.54) is 18.2 Å². The summed E-state index contributed by atoms with van der Waals surface area (Å²) in [6.07, 6.45) is 1.75. The Morgan fingerprint density at radius 3 is 2.41 bits per heavy atom. The summed E-state index contributed by atoms with van der Waals surface area (Å²) in [6.45, 7) is 2.60. The number of hydrogen-bond acceptors (Lipinski definition) is 8. The maximum atomic E-state index is 12.1. The van der Waals surface area contributed by atoms with Gasteiger partial charge in [-0.1, -0.05) is 18.2 Å². The first-order chi connectivity index (χ1) is 14.0. The molecular weight excluding hydrogens is 374 g/mol. The van der Waals surface area contributed by atoms with E-state index in [0.717, 1.165) is 5.56 Å². The minimum atomic E-state index is -0.579. The lowest BCUT2D eigenvalue weighted by atomic mass is 10.1. The number of carbonyl (C=O) groups is 1. The molecule has 10 heteroatoms. The zero-order valence-corrected chi connectivity index (χ0v) is 15.6. The lowest BCUT2D eigenvalue weighted by Gasteiger charge is -2.08. The molecule has 0 atom stereocenters. The molecule has 3 N–H and O–H groups in total. The summed E-state index contributed by atoms with van der Waals surface area (Å²) in [7, 11) is 0. The molecule has 0 fully saturated rings. The van der Waals surface area contributed by atoms with E-state index in [0.29, 0.717) is 24.0 Å². The third-order valence-corrected chi connectivity index (χ3v) is 3.89. The van der Waals surface area contributed by atoms with Gasteiger partial charge in [0.2, 0.25) is 0 Å². The summed E-state index contributed by atoms with van der Waals surface area (Å²) in [5.41, 5.74) is 0.863. The van der Waals surface area contributed by atoms with E-state index in [-0.39, 0.29) is 17.8 Å². The van der Waals surface area contributed by atoms with Gasteiger partial charge in [-0.3, -0.25) is 14.9 Å². The first-order valence-corrected chi connectivity index (χ1v) is 8.82. The monoisotopic (exact) mass is 393 g/mol. The van der Waals surface area contributed by atoms with Crippen LogP contribution < -0.4 is 16.0 Å². The van der Waals surface area contributed by atoms with E-state index in [4.69, 9.17) is 0 Å². The fraction of sp³-hybridized carbons (Fsp3) is 0.158. The van der Waals surface area contributed by atoms with Crippen molar-refractivity contribution in [2.45, 2.75) is 6.92 Å². The summed E-state index contributed by atoms with van der Waals surface area (Å²) in [5, 5.41) is 27.8. The van der Waals surface area contributed by atoms with Gasteiger partial charge in [-0.15, -0.1) is 10.2 Å². The number of amides is 1. The molecule has 29 heavy (non-hydrogen) atoms. The van der Waals surface area contributed by atoms with Crippen LogP contribution in [0.5, 0.6) is 0 Å². The molecule has 1 aromatic carbocycles. The first kappa shape index (κ1) is 19.7. The Kier molecular flexibility index (Phi) is 6.25. The van der Waals surface area contributed by atoms with Crippen molar-refractivity contribution >= 4 is 29.0 Å². The number of benzene rings is 1. The quantitative estimate of drug-likeness (QED) is 0.302. The van der Waals surface area contributed by atoms with Crippen LogP contribution in [0.15, 0.2) is 54.7 Å². The maximum absolute atomic E-state index is 12.1. The minimum Gasteiger partial charge on any atom is -0.367 e. The maximum Gasteiger partial charge on any atom is 0.282 e. The Morgan fingerprint density at radius 2 is 1.72 bits per heavy atom. The zero-order valence-electron chi connectivity index (χ0n) is 15.6. The highest BCUT2D eigenvalue weighted by atomic mass is 16.6. The summed E-state index contributed by atoms with van der Waals surface area (Å²) < 4.78 is 0. The van der Waals surface area contributed by atoms with Gasteiger partial charge in [0.25, 0.3) is 11.6 Å². The molecule has 0 aliphatic heterocycles. The molecule has 0 saturated carbocycles. The topological polar surface area (TPSA) is 135 Å². The summed E-state index contributed by atoms with van der Waals surface area (Å²) in [6, 6.07) is 13.1. The van der Waals surface area contributed by atoms with Crippen molar-refractivity contribution in [1.29, 1.82) is 0 Å². The standard InChI is InChI=1S/C19H19N7O3/c1-13-6-7-16(22-12-13)23-18-9-8-17(24-25-18)20-10-11-21-19(27)14-4-2-3-5-15(14)26(28)29/h2-9,12H,10-11H2,1H3,(H,20,24)(H,21,27)(H,22,23,25).